The standard InChI is InChI=1S/C37H44N6O3Si/c1-47(2,3)22-21-46-27-43-34-18-17-29(24-31(34)25-38-43)28-11-9-12-30(23-28)36(45)40-37-39-32(26-42(37)33-14-5-4-6-15-33)13-7-8-19-41-20-10-16-35(41)44/h4-6,9,11-12,14-15,17-18,23-26H,7-8,10,13,16,19-22,27H2,1-3H3,(H,39,40,45). The van der Waals surface area contributed by atoms with E-state index in [0.717, 1.165) is 84.8 Å². The third-order valence-corrected chi connectivity index (χ3v) is 10.3. The molecule has 1 aliphatic heterocycles. The molecular formula is C37H44N6O3Si. The number of fused-ring (bicyclic) bond motifs is 1. The molecule has 6 rings (SSSR count). The van der Waals surface area contributed by atoms with Crippen LogP contribution in [0.2, 0.25) is 25.7 Å². The zero-order valence-electron chi connectivity index (χ0n) is 27.6. The fourth-order valence-electron chi connectivity index (χ4n) is 5.88. The SMILES string of the molecule is C[Si](C)(C)CCOCn1ncc2cc(-c3cccc(C(=O)Nc4nc(CCCCN5CCCC5=O)cn4-c4ccccc4)c3)ccc21. The van der Waals surface area contributed by atoms with Gasteiger partial charge in [0.15, 0.2) is 0 Å². The smallest absolute Gasteiger partial charge is 0.258 e. The van der Waals surface area contributed by atoms with Gasteiger partial charge in [-0.25, -0.2) is 9.67 Å². The van der Waals surface area contributed by atoms with Crippen molar-refractivity contribution < 1.29 is 14.3 Å². The second-order valence-electron chi connectivity index (χ2n) is 13.5. The number of anilines is 1. The lowest BCUT2D eigenvalue weighted by Crippen LogP contribution is -2.25. The number of carbonyl (C=O) groups excluding carboxylic acids is 2. The number of imidazole rings is 1. The Morgan fingerprint density at radius 2 is 1.81 bits per heavy atom. The Labute approximate surface area is 277 Å². The second kappa shape index (κ2) is 14.5. The summed E-state index contributed by atoms with van der Waals surface area (Å²) in [6, 6.07) is 24.9. The summed E-state index contributed by atoms with van der Waals surface area (Å²) in [6.45, 7) is 9.88. The number of carbonyl (C=O) groups is 2. The van der Waals surface area contributed by atoms with Crippen molar-refractivity contribution in [1.29, 1.82) is 0 Å². The predicted octanol–water partition coefficient (Wildman–Crippen LogP) is 7.40. The molecular weight excluding hydrogens is 605 g/mol. The summed E-state index contributed by atoms with van der Waals surface area (Å²) in [5.41, 5.74) is 5.35. The Balaban J connectivity index is 1.14. The minimum Gasteiger partial charge on any atom is -0.360 e. The van der Waals surface area contributed by atoms with Crippen LogP contribution in [-0.4, -0.2) is 63.8 Å². The fraction of sp³-hybridized carbons (Fsp3) is 0.351. The number of aromatic nitrogens is 4. The molecule has 3 heterocycles. The number of aryl methyl sites for hydroxylation is 1. The van der Waals surface area contributed by atoms with Gasteiger partial charge in [0.1, 0.15) is 6.73 Å². The van der Waals surface area contributed by atoms with Crippen LogP contribution in [0.3, 0.4) is 0 Å². The highest BCUT2D eigenvalue weighted by atomic mass is 28.3. The van der Waals surface area contributed by atoms with Crippen molar-refractivity contribution in [2.45, 2.75) is 64.5 Å². The topological polar surface area (TPSA) is 94.3 Å². The molecule has 2 amide bonds. The van der Waals surface area contributed by atoms with Gasteiger partial charge in [0.05, 0.1) is 17.4 Å². The number of hydrogen-bond donors (Lipinski definition) is 1. The van der Waals surface area contributed by atoms with Crippen molar-refractivity contribution in [3.63, 3.8) is 0 Å². The first-order valence-electron chi connectivity index (χ1n) is 16.6. The van der Waals surface area contributed by atoms with E-state index in [0.29, 0.717) is 24.7 Å². The molecule has 10 heteroatoms. The first kappa shape index (κ1) is 32.4. The highest BCUT2D eigenvalue weighted by molar-refractivity contribution is 6.76. The van der Waals surface area contributed by atoms with Crippen LogP contribution in [0.4, 0.5) is 5.95 Å². The van der Waals surface area contributed by atoms with Gasteiger partial charge in [-0.2, -0.15) is 5.10 Å². The average molecular weight is 649 g/mol. The number of likely N-dealkylation sites (tertiary alicyclic amines) is 1. The van der Waals surface area contributed by atoms with Gasteiger partial charge in [0.25, 0.3) is 5.91 Å². The van der Waals surface area contributed by atoms with E-state index in [1.165, 1.54) is 0 Å². The van der Waals surface area contributed by atoms with Crippen molar-refractivity contribution in [3.8, 4) is 16.8 Å². The molecule has 0 bridgehead atoms. The lowest BCUT2D eigenvalue weighted by atomic mass is 10.0. The molecule has 0 aliphatic carbocycles. The van der Waals surface area contributed by atoms with E-state index in [2.05, 4.69) is 48.3 Å². The fourth-order valence-corrected chi connectivity index (χ4v) is 6.64. The lowest BCUT2D eigenvalue weighted by molar-refractivity contribution is -0.127. The van der Waals surface area contributed by atoms with Crippen molar-refractivity contribution in [2.75, 3.05) is 25.0 Å². The second-order valence-corrected chi connectivity index (χ2v) is 19.1. The quantitative estimate of drug-likeness (QED) is 0.100. The molecule has 0 saturated carbocycles. The Morgan fingerprint density at radius 1 is 0.979 bits per heavy atom. The highest BCUT2D eigenvalue weighted by Gasteiger charge is 2.20. The maximum Gasteiger partial charge on any atom is 0.258 e. The van der Waals surface area contributed by atoms with Crippen molar-refractivity contribution >= 4 is 36.7 Å². The predicted molar refractivity (Wildman–Crippen MR) is 190 cm³/mol. The Kier molecular flexibility index (Phi) is 9.98. The molecule has 2 aromatic heterocycles. The number of amides is 2. The van der Waals surface area contributed by atoms with Crippen LogP contribution in [0.5, 0.6) is 0 Å². The van der Waals surface area contributed by atoms with E-state index in [1.54, 1.807) is 0 Å². The van der Waals surface area contributed by atoms with Crippen LogP contribution in [0.15, 0.2) is 85.2 Å². The number of rotatable bonds is 14. The number of ether oxygens (including phenoxy) is 1. The van der Waals surface area contributed by atoms with Crippen LogP contribution < -0.4 is 5.32 Å². The lowest BCUT2D eigenvalue weighted by Gasteiger charge is -2.15. The van der Waals surface area contributed by atoms with E-state index in [1.807, 2.05) is 81.1 Å². The molecule has 47 heavy (non-hydrogen) atoms. The molecule has 0 unspecified atom stereocenters. The Bertz CT molecular complexity index is 1840. The van der Waals surface area contributed by atoms with Gasteiger partial charge >= 0.3 is 0 Å². The van der Waals surface area contributed by atoms with Crippen LogP contribution in [0.1, 0.15) is 41.7 Å². The molecule has 1 fully saturated rings. The molecule has 0 radical (unpaired) electrons. The van der Waals surface area contributed by atoms with Crippen LogP contribution in [0.25, 0.3) is 27.7 Å². The largest absolute Gasteiger partial charge is 0.360 e. The maximum absolute atomic E-state index is 13.6. The van der Waals surface area contributed by atoms with E-state index in [4.69, 9.17) is 9.72 Å². The van der Waals surface area contributed by atoms with E-state index in [9.17, 15) is 9.59 Å². The van der Waals surface area contributed by atoms with Crippen molar-refractivity contribution in [1.82, 2.24) is 24.2 Å². The third kappa shape index (κ3) is 8.25. The normalized spacial score (nSPS) is 13.5. The number of benzene rings is 3. The first-order valence-corrected chi connectivity index (χ1v) is 20.3. The molecule has 5 aromatic rings. The minimum atomic E-state index is -1.14. The molecule has 244 valence electrons. The summed E-state index contributed by atoms with van der Waals surface area (Å²) in [5.74, 6) is 0.521. The summed E-state index contributed by atoms with van der Waals surface area (Å²) < 4.78 is 9.75. The zero-order chi connectivity index (χ0) is 32.8. The molecule has 1 N–H and O–H groups in total. The Morgan fingerprint density at radius 3 is 2.60 bits per heavy atom. The van der Waals surface area contributed by atoms with Gasteiger partial charge in [0, 0.05) is 57.0 Å². The van der Waals surface area contributed by atoms with E-state index in [-0.39, 0.29) is 11.8 Å². The van der Waals surface area contributed by atoms with Crippen LogP contribution in [-0.2, 0) is 22.7 Å². The van der Waals surface area contributed by atoms with Crippen LogP contribution >= 0.6 is 0 Å². The van der Waals surface area contributed by atoms with Gasteiger partial charge in [-0.15, -0.1) is 0 Å². The average Bonchev–Trinajstić information content (AvgIpc) is 3.79. The molecule has 9 nitrogen and oxygen atoms in total. The number of nitrogens with zero attached hydrogens (tertiary/aromatic N) is 5. The number of nitrogens with one attached hydrogen (secondary N) is 1. The van der Waals surface area contributed by atoms with Gasteiger partial charge in [-0.05, 0) is 79.3 Å². The van der Waals surface area contributed by atoms with Crippen molar-refractivity contribution in [3.05, 3.63) is 96.4 Å². The van der Waals surface area contributed by atoms with Gasteiger partial charge in [-0.3, -0.25) is 19.5 Å². The zero-order valence-corrected chi connectivity index (χ0v) is 28.6. The summed E-state index contributed by atoms with van der Waals surface area (Å²) in [7, 11) is -1.14. The maximum atomic E-state index is 13.6. The summed E-state index contributed by atoms with van der Waals surface area (Å²) in [4.78, 5) is 32.3. The van der Waals surface area contributed by atoms with Crippen molar-refractivity contribution in [2.24, 2.45) is 0 Å². The highest BCUT2D eigenvalue weighted by Crippen LogP contribution is 2.26. The summed E-state index contributed by atoms with van der Waals surface area (Å²) >= 11 is 0. The molecule has 1 saturated heterocycles. The summed E-state index contributed by atoms with van der Waals surface area (Å²) in [6.07, 6.45) is 8.10. The van der Waals surface area contributed by atoms with Gasteiger partial charge in [0.2, 0.25) is 11.9 Å². The molecule has 0 atom stereocenters. The Hall–Kier alpha value is -4.54. The number of unbranched alkanes of at least 4 members (excludes halogenated alkanes) is 1. The molecule has 1 aliphatic rings. The third-order valence-electron chi connectivity index (χ3n) is 8.61. The van der Waals surface area contributed by atoms with Gasteiger partial charge < -0.3 is 9.64 Å². The molecule has 3 aromatic carbocycles. The number of para-hydroxylation sites is 1. The number of hydrogen-bond acceptors (Lipinski definition) is 5. The van der Waals surface area contributed by atoms with E-state index >= 15 is 0 Å². The first-order chi connectivity index (χ1) is 22.7. The van der Waals surface area contributed by atoms with E-state index < -0.39 is 8.07 Å². The van der Waals surface area contributed by atoms with Crippen LogP contribution in [0, 0.1) is 0 Å². The summed E-state index contributed by atoms with van der Waals surface area (Å²) in [5, 5.41) is 8.64. The molecule has 0 spiro atoms. The minimum absolute atomic E-state index is 0.224. The monoisotopic (exact) mass is 648 g/mol. The van der Waals surface area contributed by atoms with Gasteiger partial charge in [-0.1, -0.05) is 56.0 Å².